The lowest BCUT2D eigenvalue weighted by atomic mass is 9.77. The van der Waals surface area contributed by atoms with Gasteiger partial charge in [-0.2, -0.15) is 0 Å². The van der Waals surface area contributed by atoms with E-state index in [1.54, 1.807) is 5.57 Å². The van der Waals surface area contributed by atoms with Crippen molar-refractivity contribution in [1.29, 1.82) is 0 Å². The van der Waals surface area contributed by atoms with E-state index in [-0.39, 0.29) is 5.78 Å². The zero-order valence-electron chi connectivity index (χ0n) is 9.89. The van der Waals surface area contributed by atoms with Crippen LogP contribution in [0.25, 0.3) is 0 Å². The molecule has 0 spiro atoms. The fourth-order valence-corrected chi connectivity index (χ4v) is 1.34. The van der Waals surface area contributed by atoms with Crippen molar-refractivity contribution in [3.63, 3.8) is 0 Å². The molecule has 0 aliphatic heterocycles. The van der Waals surface area contributed by atoms with Crippen LogP contribution in [0.4, 0.5) is 0 Å². The van der Waals surface area contributed by atoms with Gasteiger partial charge in [-0.25, -0.2) is 0 Å². The van der Waals surface area contributed by atoms with Gasteiger partial charge in [0.05, 0.1) is 0 Å². The van der Waals surface area contributed by atoms with Gasteiger partial charge in [-0.1, -0.05) is 32.1 Å². The van der Waals surface area contributed by atoms with E-state index >= 15 is 0 Å². The van der Waals surface area contributed by atoms with Crippen LogP contribution in [0.1, 0.15) is 47.0 Å². The molecule has 80 valence electrons. The van der Waals surface area contributed by atoms with Gasteiger partial charge in [0.2, 0.25) is 0 Å². The van der Waals surface area contributed by atoms with Gasteiger partial charge >= 0.3 is 0 Å². The third-order valence-electron chi connectivity index (χ3n) is 2.81. The minimum Gasteiger partial charge on any atom is -0.295 e. The number of rotatable bonds is 1. The smallest absolute Gasteiger partial charge is 0.152 e. The molecule has 0 aromatic rings. The average Bonchev–Trinajstić information content (AvgIpc) is 2.11. The highest BCUT2D eigenvalue weighted by Crippen LogP contribution is 2.35. The first-order valence-corrected chi connectivity index (χ1v) is 5.20. The van der Waals surface area contributed by atoms with Crippen LogP contribution < -0.4 is 0 Å². The molecule has 0 radical (unpaired) electrons. The molecular formula is C13H22O. The minimum atomic E-state index is 0.0185. The number of ketones is 1. The van der Waals surface area contributed by atoms with Crippen molar-refractivity contribution in [3.8, 4) is 0 Å². The molecule has 1 aliphatic rings. The Balaban J connectivity index is 0.000000292. The summed E-state index contributed by atoms with van der Waals surface area (Å²) in [5.41, 5.74) is 2.08. The molecule has 0 saturated carbocycles. The second-order valence-corrected chi connectivity index (χ2v) is 4.48. The van der Waals surface area contributed by atoms with E-state index in [9.17, 15) is 4.79 Å². The van der Waals surface area contributed by atoms with Gasteiger partial charge in [-0.15, -0.1) is 0 Å². The Bertz CT molecular complexity index is 234. The summed E-state index contributed by atoms with van der Waals surface area (Å²) in [5, 5.41) is 0. The molecule has 0 amide bonds. The monoisotopic (exact) mass is 194 g/mol. The van der Waals surface area contributed by atoms with Crippen LogP contribution in [0, 0.1) is 5.41 Å². The summed E-state index contributed by atoms with van der Waals surface area (Å²) in [6.07, 6.45) is 7.71. The van der Waals surface area contributed by atoms with Crippen molar-refractivity contribution in [3.05, 3.63) is 24.3 Å². The van der Waals surface area contributed by atoms with Crippen molar-refractivity contribution in [2.24, 2.45) is 5.41 Å². The quantitative estimate of drug-likeness (QED) is 0.457. The summed E-state index contributed by atoms with van der Waals surface area (Å²) in [6, 6.07) is 0. The van der Waals surface area contributed by atoms with E-state index in [0.29, 0.717) is 5.41 Å². The lowest BCUT2D eigenvalue weighted by molar-refractivity contribution is -0.112. The fourth-order valence-electron chi connectivity index (χ4n) is 1.34. The standard InChI is InChI=1S/C9H16.C4H6O/c1-8-6-4-5-7-9(8,2)3;1-3-4(2)5/h6H,4-5,7H2,1-3H3;3H,1H2,2H3. The number of carbonyl (C=O) groups excluding carboxylic acids is 1. The van der Waals surface area contributed by atoms with Crippen LogP contribution in [-0.2, 0) is 4.79 Å². The molecule has 0 unspecified atom stereocenters. The van der Waals surface area contributed by atoms with Crippen LogP contribution >= 0.6 is 0 Å². The summed E-state index contributed by atoms with van der Waals surface area (Å²) < 4.78 is 0. The van der Waals surface area contributed by atoms with Crippen LogP contribution in [0.3, 0.4) is 0 Å². The van der Waals surface area contributed by atoms with Crippen molar-refractivity contribution in [2.45, 2.75) is 47.0 Å². The number of carbonyl (C=O) groups is 1. The first-order valence-electron chi connectivity index (χ1n) is 5.20. The zero-order valence-corrected chi connectivity index (χ0v) is 9.89. The highest BCUT2D eigenvalue weighted by molar-refractivity contribution is 5.86. The van der Waals surface area contributed by atoms with Crippen molar-refractivity contribution < 1.29 is 4.79 Å². The Morgan fingerprint density at radius 1 is 1.57 bits per heavy atom. The molecule has 0 bridgehead atoms. The van der Waals surface area contributed by atoms with Gasteiger partial charge in [-0.05, 0) is 44.6 Å². The normalized spacial score (nSPS) is 18.7. The molecular weight excluding hydrogens is 172 g/mol. The maximum atomic E-state index is 9.69. The number of hydrogen-bond acceptors (Lipinski definition) is 1. The van der Waals surface area contributed by atoms with Crippen LogP contribution in [0.15, 0.2) is 24.3 Å². The molecule has 14 heavy (non-hydrogen) atoms. The van der Waals surface area contributed by atoms with E-state index in [4.69, 9.17) is 0 Å². The number of hydrogen-bond donors (Lipinski definition) is 0. The second-order valence-electron chi connectivity index (χ2n) is 4.48. The molecule has 1 aliphatic carbocycles. The Labute approximate surface area is 87.9 Å². The molecule has 0 fully saturated rings. The largest absolute Gasteiger partial charge is 0.295 e. The molecule has 0 aromatic heterocycles. The first-order chi connectivity index (χ1) is 6.40. The van der Waals surface area contributed by atoms with Gasteiger partial charge in [0.15, 0.2) is 5.78 Å². The average molecular weight is 194 g/mol. The molecule has 0 heterocycles. The van der Waals surface area contributed by atoms with E-state index < -0.39 is 0 Å². The molecule has 0 atom stereocenters. The van der Waals surface area contributed by atoms with E-state index in [2.05, 4.69) is 33.4 Å². The van der Waals surface area contributed by atoms with Gasteiger partial charge in [0.1, 0.15) is 0 Å². The third kappa shape index (κ3) is 5.00. The Hall–Kier alpha value is -0.850. The summed E-state index contributed by atoms with van der Waals surface area (Å²) in [7, 11) is 0. The number of allylic oxidation sites excluding steroid dienone is 3. The summed E-state index contributed by atoms with van der Waals surface area (Å²) in [5.74, 6) is 0.0185. The zero-order chi connectivity index (χ0) is 11.2. The summed E-state index contributed by atoms with van der Waals surface area (Å²) >= 11 is 0. The van der Waals surface area contributed by atoms with Crippen molar-refractivity contribution in [1.82, 2.24) is 0 Å². The van der Waals surface area contributed by atoms with E-state index in [0.717, 1.165) is 0 Å². The third-order valence-corrected chi connectivity index (χ3v) is 2.81. The maximum Gasteiger partial charge on any atom is 0.152 e. The second kappa shape index (κ2) is 5.79. The van der Waals surface area contributed by atoms with Crippen molar-refractivity contribution in [2.75, 3.05) is 0 Å². The van der Waals surface area contributed by atoms with E-state index in [1.165, 1.54) is 32.3 Å². The Morgan fingerprint density at radius 3 is 2.29 bits per heavy atom. The minimum absolute atomic E-state index is 0.0185. The first kappa shape index (κ1) is 13.2. The lowest BCUT2D eigenvalue weighted by Crippen LogP contribution is -2.15. The van der Waals surface area contributed by atoms with Crippen LogP contribution in [0.5, 0.6) is 0 Å². The van der Waals surface area contributed by atoms with Gasteiger partial charge in [0, 0.05) is 0 Å². The Kier molecular flexibility index (Phi) is 5.44. The molecule has 1 rings (SSSR count). The highest BCUT2D eigenvalue weighted by Gasteiger charge is 2.21. The van der Waals surface area contributed by atoms with Gasteiger partial charge in [0.25, 0.3) is 0 Å². The molecule has 0 saturated heterocycles. The summed E-state index contributed by atoms with van der Waals surface area (Å²) in [4.78, 5) is 9.69. The summed E-state index contributed by atoms with van der Waals surface area (Å²) in [6.45, 7) is 11.6. The molecule has 1 heteroatoms. The van der Waals surface area contributed by atoms with Crippen molar-refractivity contribution >= 4 is 5.78 Å². The SMILES string of the molecule is C=CC(C)=O.CC1=CCCCC1(C)C. The highest BCUT2D eigenvalue weighted by atomic mass is 16.1. The topological polar surface area (TPSA) is 17.1 Å². The maximum absolute atomic E-state index is 9.69. The van der Waals surface area contributed by atoms with Crippen LogP contribution in [-0.4, -0.2) is 5.78 Å². The van der Waals surface area contributed by atoms with E-state index in [1.807, 2.05) is 0 Å². The lowest BCUT2D eigenvalue weighted by Gasteiger charge is -2.29. The predicted molar refractivity (Wildman–Crippen MR) is 62.3 cm³/mol. The predicted octanol–water partition coefficient (Wildman–Crippen LogP) is 3.90. The fraction of sp³-hybridized carbons (Fsp3) is 0.615. The Morgan fingerprint density at radius 2 is 2.07 bits per heavy atom. The molecule has 0 aromatic carbocycles. The van der Waals surface area contributed by atoms with Crippen LogP contribution in [0.2, 0.25) is 0 Å². The molecule has 1 nitrogen and oxygen atoms in total. The molecule has 0 N–H and O–H groups in total. The van der Waals surface area contributed by atoms with Gasteiger partial charge in [-0.3, -0.25) is 4.79 Å². The van der Waals surface area contributed by atoms with Gasteiger partial charge < -0.3 is 0 Å².